The molecular formula is C15H17N3OS. The Hall–Kier alpha value is -1.46. The van der Waals surface area contributed by atoms with Crippen LogP contribution in [0.5, 0.6) is 0 Å². The Labute approximate surface area is 123 Å². The lowest BCUT2D eigenvalue weighted by atomic mass is 10.3. The van der Waals surface area contributed by atoms with Crippen LogP contribution in [0.1, 0.15) is 18.5 Å². The fourth-order valence-electron chi connectivity index (χ4n) is 2.18. The van der Waals surface area contributed by atoms with E-state index in [1.165, 1.54) is 6.42 Å². The van der Waals surface area contributed by atoms with Crippen molar-refractivity contribution in [2.24, 2.45) is 0 Å². The molecular weight excluding hydrogens is 270 g/mol. The van der Waals surface area contributed by atoms with Crippen molar-refractivity contribution >= 4 is 11.8 Å². The van der Waals surface area contributed by atoms with E-state index in [1.807, 2.05) is 31.2 Å². The van der Waals surface area contributed by atoms with Gasteiger partial charge in [0.05, 0.1) is 6.10 Å². The van der Waals surface area contributed by atoms with Crippen LogP contribution < -0.4 is 0 Å². The molecule has 0 amide bonds. The minimum absolute atomic E-state index is 0.369. The molecule has 0 spiro atoms. The molecule has 4 nitrogen and oxygen atoms in total. The summed E-state index contributed by atoms with van der Waals surface area (Å²) >= 11 is 1.74. The van der Waals surface area contributed by atoms with E-state index < -0.39 is 0 Å². The van der Waals surface area contributed by atoms with E-state index in [2.05, 4.69) is 15.0 Å². The van der Waals surface area contributed by atoms with Crippen LogP contribution >= 0.6 is 11.8 Å². The lowest BCUT2D eigenvalue weighted by molar-refractivity contribution is 0.129. The summed E-state index contributed by atoms with van der Waals surface area (Å²) in [6.45, 7) is 2.89. The maximum absolute atomic E-state index is 5.64. The van der Waals surface area contributed by atoms with Gasteiger partial charge in [-0.1, -0.05) is 6.07 Å². The molecule has 1 aliphatic heterocycles. The monoisotopic (exact) mass is 287 g/mol. The van der Waals surface area contributed by atoms with E-state index >= 15 is 0 Å². The average Bonchev–Trinajstić information content (AvgIpc) is 2.99. The predicted molar refractivity (Wildman–Crippen MR) is 79.7 cm³/mol. The van der Waals surface area contributed by atoms with Crippen molar-refractivity contribution in [3.8, 4) is 11.5 Å². The first kappa shape index (κ1) is 13.5. The molecule has 0 aromatic carbocycles. The smallest absolute Gasteiger partial charge is 0.179 e. The second kappa shape index (κ2) is 6.33. The van der Waals surface area contributed by atoms with Gasteiger partial charge in [-0.05, 0) is 38.0 Å². The van der Waals surface area contributed by atoms with E-state index in [0.717, 1.165) is 35.2 Å². The molecule has 1 saturated heterocycles. The van der Waals surface area contributed by atoms with E-state index in [9.17, 15) is 0 Å². The maximum atomic E-state index is 5.64. The molecule has 2 aromatic heterocycles. The van der Waals surface area contributed by atoms with Gasteiger partial charge in [0.2, 0.25) is 0 Å². The summed E-state index contributed by atoms with van der Waals surface area (Å²) in [7, 11) is 0. The molecule has 3 heterocycles. The normalized spacial score (nSPS) is 18.4. The van der Waals surface area contributed by atoms with Crippen LogP contribution in [0.15, 0.2) is 35.5 Å². The summed E-state index contributed by atoms with van der Waals surface area (Å²) in [4.78, 5) is 13.4. The van der Waals surface area contributed by atoms with Gasteiger partial charge in [0.15, 0.2) is 5.82 Å². The van der Waals surface area contributed by atoms with E-state index in [-0.39, 0.29) is 0 Å². The van der Waals surface area contributed by atoms with E-state index in [1.54, 1.807) is 18.0 Å². The van der Waals surface area contributed by atoms with Crippen LogP contribution in [0.25, 0.3) is 11.5 Å². The number of nitrogens with zero attached hydrogens (tertiary/aromatic N) is 3. The Morgan fingerprint density at radius 1 is 1.35 bits per heavy atom. The zero-order valence-corrected chi connectivity index (χ0v) is 12.3. The average molecular weight is 287 g/mol. The quantitative estimate of drug-likeness (QED) is 0.638. The van der Waals surface area contributed by atoms with Crippen molar-refractivity contribution in [3.63, 3.8) is 0 Å². The third-order valence-electron chi connectivity index (χ3n) is 3.17. The van der Waals surface area contributed by atoms with Crippen molar-refractivity contribution in [3.05, 3.63) is 36.2 Å². The van der Waals surface area contributed by atoms with Crippen molar-refractivity contribution in [1.29, 1.82) is 0 Å². The second-order valence-corrected chi connectivity index (χ2v) is 5.87. The van der Waals surface area contributed by atoms with Gasteiger partial charge in [0, 0.05) is 24.3 Å². The molecule has 0 aliphatic carbocycles. The highest BCUT2D eigenvalue weighted by molar-refractivity contribution is 7.99. The Bertz CT molecular complexity index is 571. The Morgan fingerprint density at radius 3 is 3.05 bits per heavy atom. The molecule has 5 heteroatoms. The van der Waals surface area contributed by atoms with Crippen molar-refractivity contribution in [1.82, 2.24) is 15.0 Å². The standard InChI is InChI=1S/C15H17N3OS/c1-11-9-14(20-10-12-5-4-8-19-12)18-15(17-11)13-6-2-3-7-16-13/h2-3,6-7,9,12H,4-5,8,10H2,1H3. The number of hydrogen-bond acceptors (Lipinski definition) is 5. The SMILES string of the molecule is Cc1cc(SCC2CCCO2)nc(-c2ccccn2)n1. The summed E-state index contributed by atoms with van der Waals surface area (Å²) in [5.74, 6) is 1.65. The molecule has 104 valence electrons. The fourth-order valence-corrected chi connectivity index (χ4v) is 3.20. The second-order valence-electron chi connectivity index (χ2n) is 4.83. The van der Waals surface area contributed by atoms with Crippen LogP contribution in [0.2, 0.25) is 0 Å². The summed E-state index contributed by atoms with van der Waals surface area (Å²) in [5.41, 5.74) is 1.78. The molecule has 0 bridgehead atoms. The third-order valence-corrected chi connectivity index (χ3v) is 4.21. The molecule has 0 radical (unpaired) electrons. The van der Waals surface area contributed by atoms with Crippen LogP contribution in [-0.2, 0) is 4.74 Å². The molecule has 3 rings (SSSR count). The number of rotatable bonds is 4. The molecule has 1 aliphatic rings. The Balaban J connectivity index is 1.76. The molecule has 1 atom stereocenters. The molecule has 0 saturated carbocycles. The Morgan fingerprint density at radius 2 is 2.30 bits per heavy atom. The first-order chi connectivity index (χ1) is 9.81. The first-order valence-corrected chi connectivity index (χ1v) is 7.81. The van der Waals surface area contributed by atoms with Gasteiger partial charge in [0.25, 0.3) is 0 Å². The zero-order valence-electron chi connectivity index (χ0n) is 11.5. The lowest BCUT2D eigenvalue weighted by Gasteiger charge is -2.09. The first-order valence-electron chi connectivity index (χ1n) is 6.83. The fraction of sp³-hybridized carbons (Fsp3) is 0.400. The number of hydrogen-bond donors (Lipinski definition) is 0. The zero-order chi connectivity index (χ0) is 13.8. The van der Waals surface area contributed by atoms with E-state index in [0.29, 0.717) is 11.9 Å². The van der Waals surface area contributed by atoms with Crippen molar-refractivity contribution in [2.75, 3.05) is 12.4 Å². The summed E-state index contributed by atoms with van der Waals surface area (Å²) in [6, 6.07) is 7.80. The summed E-state index contributed by atoms with van der Waals surface area (Å²) in [6.07, 6.45) is 4.46. The highest BCUT2D eigenvalue weighted by Gasteiger charge is 2.16. The number of thioether (sulfide) groups is 1. The molecule has 1 fully saturated rings. The van der Waals surface area contributed by atoms with Crippen LogP contribution in [-0.4, -0.2) is 33.4 Å². The lowest BCUT2D eigenvalue weighted by Crippen LogP contribution is -2.08. The van der Waals surface area contributed by atoms with Gasteiger partial charge < -0.3 is 4.74 Å². The molecule has 20 heavy (non-hydrogen) atoms. The minimum Gasteiger partial charge on any atom is -0.377 e. The molecule has 2 aromatic rings. The van der Waals surface area contributed by atoms with Crippen molar-refractivity contribution in [2.45, 2.75) is 30.9 Å². The van der Waals surface area contributed by atoms with Crippen LogP contribution in [0.4, 0.5) is 0 Å². The van der Waals surface area contributed by atoms with Gasteiger partial charge in [-0.25, -0.2) is 9.97 Å². The molecule has 1 unspecified atom stereocenters. The number of pyridine rings is 1. The maximum Gasteiger partial charge on any atom is 0.179 e. The van der Waals surface area contributed by atoms with Crippen molar-refractivity contribution < 1.29 is 4.74 Å². The summed E-state index contributed by atoms with van der Waals surface area (Å²) < 4.78 is 5.64. The summed E-state index contributed by atoms with van der Waals surface area (Å²) in [5, 5.41) is 0.994. The number of ether oxygens (including phenoxy) is 1. The van der Waals surface area contributed by atoms with E-state index in [4.69, 9.17) is 4.74 Å². The largest absolute Gasteiger partial charge is 0.377 e. The third kappa shape index (κ3) is 3.35. The topological polar surface area (TPSA) is 47.9 Å². The highest BCUT2D eigenvalue weighted by Crippen LogP contribution is 2.24. The number of aromatic nitrogens is 3. The van der Waals surface area contributed by atoms with Gasteiger partial charge in [-0.3, -0.25) is 4.98 Å². The van der Waals surface area contributed by atoms with Gasteiger partial charge in [-0.2, -0.15) is 0 Å². The number of aryl methyl sites for hydroxylation is 1. The predicted octanol–water partition coefficient (Wildman–Crippen LogP) is 3.12. The minimum atomic E-state index is 0.369. The van der Waals surface area contributed by atoms with Crippen LogP contribution in [0, 0.1) is 6.92 Å². The molecule has 0 N–H and O–H groups in total. The Kier molecular flexibility index (Phi) is 4.28. The van der Waals surface area contributed by atoms with Gasteiger partial charge in [-0.15, -0.1) is 11.8 Å². The van der Waals surface area contributed by atoms with Crippen LogP contribution in [0.3, 0.4) is 0 Å². The van der Waals surface area contributed by atoms with Gasteiger partial charge in [0.1, 0.15) is 10.7 Å². The van der Waals surface area contributed by atoms with Gasteiger partial charge >= 0.3 is 0 Å². The highest BCUT2D eigenvalue weighted by atomic mass is 32.2.